The maximum atomic E-state index is 11.6. The number of allylic oxidation sites excluding steroid dienone is 1. The molecule has 2 aromatic heterocycles. The number of aryl methyl sites for hydroxylation is 2. The number of rotatable bonds is 6. The van der Waals surface area contributed by atoms with Gasteiger partial charge in [-0.3, -0.25) is 0 Å². The van der Waals surface area contributed by atoms with Gasteiger partial charge in [0.15, 0.2) is 0 Å². The predicted octanol–water partition coefficient (Wildman–Crippen LogP) is 4.41. The fourth-order valence-electron chi connectivity index (χ4n) is 3.37. The summed E-state index contributed by atoms with van der Waals surface area (Å²) in [5.74, 6) is -0.349. The van der Waals surface area contributed by atoms with E-state index in [4.69, 9.17) is 9.84 Å². The minimum atomic E-state index is -0.349. The molecule has 3 rings (SSSR count). The average molecular weight is 373 g/mol. The molecule has 0 atom stereocenters. The highest BCUT2D eigenvalue weighted by Gasteiger charge is 2.16. The van der Waals surface area contributed by atoms with Crippen molar-refractivity contribution in [3.8, 4) is 17.2 Å². The number of esters is 1. The number of aromatic nitrogens is 2. The van der Waals surface area contributed by atoms with E-state index in [1.54, 1.807) is 19.1 Å². The summed E-state index contributed by atoms with van der Waals surface area (Å²) in [5.41, 5.74) is 6.67. The largest absolute Gasteiger partial charge is 0.463 e. The molecule has 3 aromatic rings. The van der Waals surface area contributed by atoms with E-state index in [2.05, 4.69) is 25.1 Å². The Bertz CT molecular complexity index is 1090. The maximum Gasteiger partial charge on any atom is 0.330 e. The van der Waals surface area contributed by atoms with Crippen molar-refractivity contribution < 1.29 is 9.53 Å². The Morgan fingerprint density at radius 3 is 2.82 bits per heavy atom. The topological polar surface area (TPSA) is 67.4 Å². The highest BCUT2D eigenvalue weighted by atomic mass is 16.5. The lowest BCUT2D eigenvalue weighted by molar-refractivity contribution is -0.137. The third-order valence-corrected chi connectivity index (χ3v) is 4.68. The van der Waals surface area contributed by atoms with Crippen LogP contribution >= 0.6 is 0 Å². The van der Waals surface area contributed by atoms with Gasteiger partial charge in [-0.05, 0) is 62.1 Å². The molecule has 0 saturated carbocycles. The number of nitrogens with zero attached hydrogens (tertiary/aromatic N) is 3. The molecule has 0 unspecified atom stereocenters. The number of carbonyl (C=O) groups is 1. The van der Waals surface area contributed by atoms with Crippen LogP contribution in [0.5, 0.6) is 0 Å². The zero-order valence-corrected chi connectivity index (χ0v) is 16.4. The number of nitriles is 1. The van der Waals surface area contributed by atoms with Crippen LogP contribution in [0.1, 0.15) is 36.4 Å². The van der Waals surface area contributed by atoms with Crippen LogP contribution in [-0.2, 0) is 22.4 Å². The van der Waals surface area contributed by atoms with Crippen LogP contribution in [0.3, 0.4) is 0 Å². The van der Waals surface area contributed by atoms with Crippen LogP contribution in [0.4, 0.5) is 0 Å². The highest BCUT2D eigenvalue weighted by Crippen LogP contribution is 2.32. The van der Waals surface area contributed by atoms with Crippen molar-refractivity contribution in [3.63, 3.8) is 0 Å². The zero-order chi connectivity index (χ0) is 20.1. The van der Waals surface area contributed by atoms with E-state index in [-0.39, 0.29) is 5.97 Å². The predicted molar refractivity (Wildman–Crippen MR) is 109 cm³/mol. The van der Waals surface area contributed by atoms with Gasteiger partial charge in [0.2, 0.25) is 0 Å². The van der Waals surface area contributed by atoms with Crippen LogP contribution < -0.4 is 0 Å². The van der Waals surface area contributed by atoms with Gasteiger partial charge in [0.25, 0.3) is 0 Å². The number of hydrogen-bond donors (Lipinski definition) is 0. The molecule has 1 aromatic carbocycles. The molecule has 5 heteroatoms. The molecule has 28 heavy (non-hydrogen) atoms. The highest BCUT2D eigenvalue weighted by molar-refractivity contribution is 5.85. The second-order valence-corrected chi connectivity index (χ2v) is 6.47. The molecule has 0 bridgehead atoms. The van der Waals surface area contributed by atoms with Crippen LogP contribution in [0.15, 0.2) is 48.6 Å². The minimum absolute atomic E-state index is 0.349. The fraction of sp³-hybridized carbons (Fsp3) is 0.261. The maximum absolute atomic E-state index is 11.6. The summed E-state index contributed by atoms with van der Waals surface area (Å²) in [6, 6.07) is 13.9. The lowest BCUT2D eigenvalue weighted by Crippen LogP contribution is -2.06. The smallest absolute Gasteiger partial charge is 0.330 e. The van der Waals surface area contributed by atoms with Gasteiger partial charge in [-0.1, -0.05) is 25.1 Å². The summed E-state index contributed by atoms with van der Waals surface area (Å²) in [7, 11) is 0. The van der Waals surface area contributed by atoms with Crippen LogP contribution in [0, 0.1) is 18.3 Å². The van der Waals surface area contributed by atoms with Gasteiger partial charge in [-0.15, -0.1) is 0 Å². The summed E-state index contributed by atoms with van der Waals surface area (Å²) in [6.45, 7) is 6.21. The Hall–Kier alpha value is -3.39. The van der Waals surface area contributed by atoms with E-state index in [1.807, 2.05) is 29.6 Å². The van der Waals surface area contributed by atoms with Crippen molar-refractivity contribution in [2.75, 3.05) is 6.61 Å². The Balaban J connectivity index is 2.17. The lowest BCUT2D eigenvalue weighted by atomic mass is 9.95. The third-order valence-electron chi connectivity index (χ3n) is 4.68. The van der Waals surface area contributed by atoms with Gasteiger partial charge in [-0.25, -0.2) is 9.31 Å². The van der Waals surface area contributed by atoms with E-state index in [1.165, 1.54) is 6.08 Å². The third kappa shape index (κ3) is 3.81. The monoisotopic (exact) mass is 373 g/mol. The normalized spacial score (nSPS) is 11.1. The molecule has 0 saturated heterocycles. The second-order valence-electron chi connectivity index (χ2n) is 6.47. The van der Waals surface area contributed by atoms with Gasteiger partial charge >= 0.3 is 5.97 Å². The Labute approximate surface area is 164 Å². The molecular formula is C23H23N3O2. The molecule has 0 N–H and O–H groups in total. The molecule has 0 aliphatic heterocycles. The second kappa shape index (κ2) is 8.53. The first kappa shape index (κ1) is 19.4. The first-order chi connectivity index (χ1) is 13.6. The molecule has 0 amide bonds. The standard InChI is InChI=1S/C23H23N3O2/c1-4-19-12-13-21-23(18-9-6-8-17(14-18)15-24)20(16(3)25-26(19)21)10-7-11-22(27)28-5-2/h6-9,11-14H,4-5,10H2,1-3H3. The number of carbonyl (C=O) groups excluding carboxylic acids is 1. The summed E-state index contributed by atoms with van der Waals surface area (Å²) < 4.78 is 6.94. The summed E-state index contributed by atoms with van der Waals surface area (Å²) in [5, 5.41) is 14.1. The van der Waals surface area contributed by atoms with Crippen molar-refractivity contribution in [2.24, 2.45) is 0 Å². The van der Waals surface area contributed by atoms with Gasteiger partial charge < -0.3 is 4.74 Å². The summed E-state index contributed by atoms with van der Waals surface area (Å²) in [4.78, 5) is 11.6. The van der Waals surface area contributed by atoms with E-state index < -0.39 is 0 Å². The van der Waals surface area contributed by atoms with Crippen molar-refractivity contribution in [1.29, 1.82) is 5.26 Å². The molecular weight excluding hydrogens is 350 g/mol. The SMILES string of the molecule is CCOC(=O)C=CCc1c(C)nn2c(CC)ccc2c1-c1cccc(C#N)c1. The average Bonchev–Trinajstić information content (AvgIpc) is 3.10. The Kier molecular flexibility index (Phi) is 5.90. The van der Waals surface area contributed by atoms with E-state index in [0.717, 1.165) is 40.0 Å². The summed E-state index contributed by atoms with van der Waals surface area (Å²) in [6.07, 6.45) is 4.69. The molecule has 0 aliphatic carbocycles. The first-order valence-electron chi connectivity index (χ1n) is 9.42. The van der Waals surface area contributed by atoms with Crippen molar-refractivity contribution in [1.82, 2.24) is 9.61 Å². The van der Waals surface area contributed by atoms with E-state index in [0.29, 0.717) is 18.6 Å². The van der Waals surface area contributed by atoms with Crippen LogP contribution in [0.2, 0.25) is 0 Å². The van der Waals surface area contributed by atoms with Crippen molar-refractivity contribution in [3.05, 3.63) is 71.1 Å². The molecule has 0 aliphatic rings. The van der Waals surface area contributed by atoms with Crippen LogP contribution in [-0.4, -0.2) is 22.2 Å². The first-order valence-corrected chi connectivity index (χ1v) is 9.42. The van der Waals surface area contributed by atoms with Gasteiger partial charge in [0, 0.05) is 17.3 Å². The zero-order valence-electron chi connectivity index (χ0n) is 16.4. The quantitative estimate of drug-likeness (QED) is 0.474. The molecule has 2 heterocycles. The van der Waals surface area contributed by atoms with Gasteiger partial charge in [0.1, 0.15) is 0 Å². The Morgan fingerprint density at radius 2 is 2.11 bits per heavy atom. The Morgan fingerprint density at radius 1 is 1.29 bits per heavy atom. The molecule has 0 radical (unpaired) electrons. The molecule has 5 nitrogen and oxygen atoms in total. The number of benzene rings is 1. The van der Waals surface area contributed by atoms with E-state index >= 15 is 0 Å². The lowest BCUT2D eigenvalue weighted by Gasteiger charge is -2.15. The fourth-order valence-corrected chi connectivity index (χ4v) is 3.37. The van der Waals surface area contributed by atoms with E-state index in [9.17, 15) is 10.1 Å². The van der Waals surface area contributed by atoms with Crippen LogP contribution in [0.25, 0.3) is 16.6 Å². The number of ether oxygens (including phenoxy) is 1. The molecule has 0 fully saturated rings. The van der Waals surface area contributed by atoms with Gasteiger partial charge in [0.05, 0.1) is 29.5 Å². The minimum Gasteiger partial charge on any atom is -0.463 e. The van der Waals surface area contributed by atoms with Gasteiger partial charge in [-0.2, -0.15) is 10.4 Å². The number of fused-ring (bicyclic) bond motifs is 1. The molecule has 0 spiro atoms. The van der Waals surface area contributed by atoms with Crippen molar-refractivity contribution in [2.45, 2.75) is 33.6 Å². The van der Waals surface area contributed by atoms with Crippen molar-refractivity contribution >= 4 is 11.5 Å². The number of hydrogen-bond acceptors (Lipinski definition) is 4. The molecule has 142 valence electrons. The summed E-state index contributed by atoms with van der Waals surface area (Å²) >= 11 is 0.